The molecular weight excluding hydrogens is 212 g/mol. The summed E-state index contributed by atoms with van der Waals surface area (Å²) >= 11 is 0. The van der Waals surface area contributed by atoms with Gasteiger partial charge in [-0.25, -0.2) is 19.7 Å². The van der Waals surface area contributed by atoms with Gasteiger partial charge in [-0.15, -0.1) is 0 Å². The molecular formula is C8H8N6O2. The van der Waals surface area contributed by atoms with E-state index in [0.717, 1.165) is 0 Å². The van der Waals surface area contributed by atoms with Crippen LogP contribution < -0.4 is 5.43 Å². The second-order valence-corrected chi connectivity index (χ2v) is 2.94. The molecule has 0 saturated carbocycles. The summed E-state index contributed by atoms with van der Waals surface area (Å²) < 4.78 is 0. The van der Waals surface area contributed by atoms with Crippen LogP contribution in [0.2, 0.25) is 0 Å². The number of carboxylic acids is 1. The third kappa shape index (κ3) is 1.80. The maximum absolute atomic E-state index is 10.5. The Balaban J connectivity index is 2.31. The minimum absolute atomic E-state index is 0.0636. The van der Waals surface area contributed by atoms with Crippen LogP contribution in [0.3, 0.4) is 0 Å². The quantitative estimate of drug-likeness (QED) is 0.503. The molecule has 0 spiro atoms. The van der Waals surface area contributed by atoms with Crippen molar-refractivity contribution in [2.24, 2.45) is 5.10 Å². The summed E-state index contributed by atoms with van der Waals surface area (Å²) in [7, 11) is 0. The van der Waals surface area contributed by atoms with Crippen molar-refractivity contribution in [2.45, 2.75) is 6.92 Å². The van der Waals surface area contributed by atoms with E-state index in [1.807, 2.05) is 0 Å². The minimum Gasteiger partial charge on any atom is -0.477 e. The van der Waals surface area contributed by atoms with Gasteiger partial charge in [-0.05, 0) is 6.92 Å². The largest absolute Gasteiger partial charge is 0.477 e. The van der Waals surface area contributed by atoms with Crippen molar-refractivity contribution in [3.8, 4) is 0 Å². The highest BCUT2D eigenvalue weighted by Gasteiger charge is 2.06. The van der Waals surface area contributed by atoms with Gasteiger partial charge in [0.05, 0.1) is 6.33 Å². The van der Waals surface area contributed by atoms with Crippen LogP contribution in [0.15, 0.2) is 17.8 Å². The monoisotopic (exact) mass is 220 g/mol. The first-order valence-corrected chi connectivity index (χ1v) is 4.36. The van der Waals surface area contributed by atoms with E-state index in [-0.39, 0.29) is 5.71 Å². The molecule has 16 heavy (non-hydrogen) atoms. The number of carbonyl (C=O) groups is 1. The molecule has 8 heteroatoms. The fourth-order valence-electron chi connectivity index (χ4n) is 1.03. The highest BCUT2D eigenvalue weighted by atomic mass is 16.4. The van der Waals surface area contributed by atoms with Crippen LogP contribution in [0.5, 0.6) is 0 Å². The summed E-state index contributed by atoms with van der Waals surface area (Å²) in [6, 6.07) is 0. The summed E-state index contributed by atoms with van der Waals surface area (Å²) in [6.45, 7) is 1.38. The number of aromatic nitrogens is 4. The summed E-state index contributed by atoms with van der Waals surface area (Å²) in [5.41, 5.74) is 3.54. The molecule has 2 aromatic rings. The highest BCUT2D eigenvalue weighted by Crippen LogP contribution is 2.13. The number of aliphatic carboxylic acids is 1. The van der Waals surface area contributed by atoms with Gasteiger partial charge in [-0.1, -0.05) is 0 Å². The Kier molecular flexibility index (Phi) is 2.46. The van der Waals surface area contributed by atoms with E-state index in [0.29, 0.717) is 17.0 Å². The fourth-order valence-corrected chi connectivity index (χ4v) is 1.03. The van der Waals surface area contributed by atoms with Crippen LogP contribution in [0.4, 0.5) is 5.82 Å². The number of imidazole rings is 1. The van der Waals surface area contributed by atoms with Crippen LogP contribution in [0, 0.1) is 0 Å². The molecule has 2 heterocycles. The van der Waals surface area contributed by atoms with Gasteiger partial charge in [0.2, 0.25) is 0 Å². The van der Waals surface area contributed by atoms with Gasteiger partial charge in [0.15, 0.2) is 11.5 Å². The molecule has 0 atom stereocenters. The van der Waals surface area contributed by atoms with Crippen molar-refractivity contribution < 1.29 is 9.90 Å². The van der Waals surface area contributed by atoms with Crippen molar-refractivity contribution >= 4 is 28.7 Å². The fraction of sp³-hybridized carbons (Fsp3) is 0.125. The predicted molar refractivity (Wildman–Crippen MR) is 56.1 cm³/mol. The number of hydrogen-bond acceptors (Lipinski definition) is 6. The van der Waals surface area contributed by atoms with Crippen molar-refractivity contribution in [3.63, 3.8) is 0 Å². The SMILES string of the molecule is C/C(=N/Nc1ncnc2nc[nH]c12)C(=O)O. The van der Waals surface area contributed by atoms with Gasteiger partial charge >= 0.3 is 5.97 Å². The molecule has 0 saturated heterocycles. The zero-order valence-electron chi connectivity index (χ0n) is 8.30. The highest BCUT2D eigenvalue weighted by molar-refractivity contribution is 6.34. The van der Waals surface area contributed by atoms with Crippen molar-refractivity contribution in [2.75, 3.05) is 5.43 Å². The van der Waals surface area contributed by atoms with Gasteiger partial charge in [0.25, 0.3) is 0 Å². The van der Waals surface area contributed by atoms with Gasteiger partial charge in [-0.3, -0.25) is 5.43 Å². The zero-order valence-corrected chi connectivity index (χ0v) is 8.30. The smallest absolute Gasteiger partial charge is 0.351 e. The molecule has 0 fully saturated rings. The number of carboxylic acid groups (broad SMARTS) is 1. The Morgan fingerprint density at radius 3 is 3.06 bits per heavy atom. The normalized spacial score (nSPS) is 11.7. The number of fused-ring (bicyclic) bond motifs is 1. The van der Waals surface area contributed by atoms with Crippen LogP contribution in [0.1, 0.15) is 6.92 Å². The van der Waals surface area contributed by atoms with E-state index in [2.05, 4.69) is 30.5 Å². The minimum atomic E-state index is -1.09. The second kappa shape index (κ2) is 3.93. The third-order valence-corrected chi connectivity index (χ3v) is 1.86. The van der Waals surface area contributed by atoms with E-state index < -0.39 is 5.97 Å². The molecule has 0 aliphatic carbocycles. The first kappa shape index (κ1) is 10.0. The number of hydrazone groups is 1. The lowest BCUT2D eigenvalue weighted by molar-refractivity contribution is -0.129. The lowest BCUT2D eigenvalue weighted by Crippen LogP contribution is -2.10. The van der Waals surface area contributed by atoms with E-state index in [4.69, 9.17) is 5.11 Å². The van der Waals surface area contributed by atoms with Gasteiger partial charge in [0, 0.05) is 0 Å². The number of nitrogens with one attached hydrogen (secondary N) is 2. The van der Waals surface area contributed by atoms with E-state index >= 15 is 0 Å². The Morgan fingerprint density at radius 1 is 1.50 bits per heavy atom. The van der Waals surface area contributed by atoms with Crippen molar-refractivity contribution in [1.82, 2.24) is 19.9 Å². The Hall–Kier alpha value is -2.51. The van der Waals surface area contributed by atoms with E-state index in [1.165, 1.54) is 19.6 Å². The summed E-state index contributed by atoms with van der Waals surface area (Å²) in [4.78, 5) is 25.1. The maximum atomic E-state index is 10.5. The number of rotatable bonds is 3. The average Bonchev–Trinajstić information content (AvgIpc) is 2.73. The molecule has 3 N–H and O–H groups in total. The number of nitrogens with zero attached hydrogens (tertiary/aromatic N) is 4. The van der Waals surface area contributed by atoms with Crippen LogP contribution in [-0.4, -0.2) is 36.7 Å². The first-order chi connectivity index (χ1) is 7.68. The van der Waals surface area contributed by atoms with Gasteiger partial charge < -0.3 is 10.1 Å². The maximum Gasteiger partial charge on any atom is 0.351 e. The van der Waals surface area contributed by atoms with Gasteiger partial charge in [0.1, 0.15) is 17.6 Å². The number of hydrogen-bond donors (Lipinski definition) is 3. The molecule has 2 aromatic heterocycles. The third-order valence-electron chi connectivity index (χ3n) is 1.86. The average molecular weight is 220 g/mol. The van der Waals surface area contributed by atoms with E-state index in [1.54, 1.807) is 0 Å². The number of H-pyrrole nitrogens is 1. The van der Waals surface area contributed by atoms with Crippen molar-refractivity contribution in [3.05, 3.63) is 12.7 Å². The molecule has 0 radical (unpaired) electrons. The Labute approximate surface area is 89.4 Å². The summed E-state index contributed by atoms with van der Waals surface area (Å²) in [5.74, 6) is -0.717. The lowest BCUT2D eigenvalue weighted by atomic mass is 10.4. The van der Waals surface area contributed by atoms with Crippen LogP contribution in [-0.2, 0) is 4.79 Å². The molecule has 0 unspecified atom stereocenters. The van der Waals surface area contributed by atoms with Crippen molar-refractivity contribution in [1.29, 1.82) is 0 Å². The molecule has 2 rings (SSSR count). The predicted octanol–water partition coefficient (Wildman–Crippen LogP) is 0.225. The summed E-state index contributed by atoms with van der Waals surface area (Å²) in [6.07, 6.45) is 2.79. The molecule has 0 aliphatic heterocycles. The Morgan fingerprint density at radius 2 is 2.31 bits per heavy atom. The molecule has 0 aliphatic rings. The second-order valence-electron chi connectivity index (χ2n) is 2.94. The first-order valence-electron chi connectivity index (χ1n) is 4.36. The van der Waals surface area contributed by atoms with Crippen LogP contribution in [0.25, 0.3) is 11.2 Å². The molecule has 82 valence electrons. The lowest BCUT2D eigenvalue weighted by Gasteiger charge is -1.99. The number of anilines is 1. The topological polar surface area (TPSA) is 116 Å². The molecule has 8 nitrogen and oxygen atoms in total. The molecule has 0 amide bonds. The standard InChI is InChI=1S/C8H8N6O2/c1-4(8(15)16)13-14-7-5-6(10-2-9-5)11-3-12-7/h2-3H,1H3,(H,15,16)(H2,9,10,11,12,14)/b13-4-. The summed E-state index contributed by atoms with van der Waals surface area (Å²) in [5, 5.41) is 12.3. The number of aromatic amines is 1. The van der Waals surface area contributed by atoms with E-state index in [9.17, 15) is 4.79 Å². The Bertz CT molecular complexity index is 560. The van der Waals surface area contributed by atoms with Crippen LogP contribution >= 0.6 is 0 Å². The molecule has 0 bridgehead atoms. The van der Waals surface area contributed by atoms with Gasteiger partial charge in [-0.2, -0.15) is 5.10 Å². The zero-order chi connectivity index (χ0) is 11.5. The molecule has 0 aromatic carbocycles.